The molecule has 0 radical (unpaired) electrons. The van der Waals surface area contributed by atoms with E-state index in [2.05, 4.69) is 0 Å². The van der Waals surface area contributed by atoms with Gasteiger partial charge in [0.25, 0.3) is 0 Å². The van der Waals surface area contributed by atoms with Gasteiger partial charge in [0.1, 0.15) is 5.60 Å². The van der Waals surface area contributed by atoms with Crippen molar-refractivity contribution < 1.29 is 14.3 Å². The highest BCUT2D eigenvalue weighted by molar-refractivity contribution is 5.76. The van der Waals surface area contributed by atoms with Gasteiger partial charge >= 0.3 is 5.97 Å². The van der Waals surface area contributed by atoms with E-state index in [4.69, 9.17) is 4.74 Å². The second-order valence-electron chi connectivity index (χ2n) is 6.44. The maximum atomic E-state index is 12.2. The number of ether oxygens (including phenoxy) is 1. The van der Waals surface area contributed by atoms with Crippen molar-refractivity contribution in [2.45, 2.75) is 65.9 Å². The first-order valence-electron chi connectivity index (χ1n) is 7.19. The second-order valence-corrected chi connectivity index (χ2v) is 6.44. The van der Waals surface area contributed by atoms with Crippen LogP contribution in [0.25, 0.3) is 0 Å². The predicted molar refractivity (Wildman–Crippen MR) is 74.7 cm³/mol. The van der Waals surface area contributed by atoms with E-state index >= 15 is 0 Å². The predicted octanol–water partition coefficient (Wildman–Crippen LogP) is 2.76. The zero-order valence-corrected chi connectivity index (χ0v) is 12.9. The van der Waals surface area contributed by atoms with Crippen molar-refractivity contribution in [3.05, 3.63) is 0 Å². The van der Waals surface area contributed by atoms with Crippen LogP contribution in [0.3, 0.4) is 0 Å². The lowest BCUT2D eigenvalue weighted by molar-refractivity contribution is -0.170. The maximum absolute atomic E-state index is 12.2. The summed E-state index contributed by atoms with van der Waals surface area (Å²) in [6, 6.07) is 0. The van der Waals surface area contributed by atoms with E-state index in [1.54, 1.807) is 6.92 Å². The molecule has 110 valence electrons. The third-order valence-corrected chi connectivity index (χ3v) is 4.27. The molecule has 1 unspecified atom stereocenters. The Morgan fingerprint density at radius 3 is 2.42 bits per heavy atom. The van der Waals surface area contributed by atoms with E-state index in [1.165, 1.54) is 0 Å². The number of carbonyl (C=O) groups excluding carboxylic acids is 2. The Bertz CT molecular complexity index is 351. The molecular weight excluding hydrogens is 242 g/mol. The summed E-state index contributed by atoms with van der Waals surface area (Å²) in [4.78, 5) is 25.4. The molecule has 1 aliphatic heterocycles. The zero-order valence-electron chi connectivity index (χ0n) is 12.9. The minimum atomic E-state index is -0.437. The van der Waals surface area contributed by atoms with Gasteiger partial charge < -0.3 is 9.64 Å². The SMILES string of the molecule is CCC(C)(C)C(=O)OC1(C)CCCN(C(C)=O)CC1. The van der Waals surface area contributed by atoms with Gasteiger partial charge in [-0.05, 0) is 40.0 Å². The molecule has 1 fully saturated rings. The number of carbonyl (C=O) groups is 2. The van der Waals surface area contributed by atoms with Gasteiger partial charge in [-0.3, -0.25) is 9.59 Å². The Labute approximate surface area is 116 Å². The van der Waals surface area contributed by atoms with Crippen molar-refractivity contribution in [3.8, 4) is 0 Å². The highest BCUT2D eigenvalue weighted by Crippen LogP contribution is 2.31. The van der Waals surface area contributed by atoms with E-state index in [9.17, 15) is 9.59 Å². The summed E-state index contributed by atoms with van der Waals surface area (Å²) in [6.45, 7) is 10.8. The van der Waals surface area contributed by atoms with Crippen LogP contribution >= 0.6 is 0 Å². The summed E-state index contributed by atoms with van der Waals surface area (Å²) < 4.78 is 5.77. The summed E-state index contributed by atoms with van der Waals surface area (Å²) >= 11 is 0. The molecule has 0 spiro atoms. The molecule has 19 heavy (non-hydrogen) atoms. The Morgan fingerprint density at radius 2 is 1.89 bits per heavy atom. The van der Waals surface area contributed by atoms with Crippen molar-refractivity contribution in [2.24, 2.45) is 5.41 Å². The summed E-state index contributed by atoms with van der Waals surface area (Å²) in [6.07, 6.45) is 3.19. The normalized spacial score (nSPS) is 24.8. The Morgan fingerprint density at radius 1 is 1.26 bits per heavy atom. The quantitative estimate of drug-likeness (QED) is 0.740. The van der Waals surface area contributed by atoms with Crippen LogP contribution in [-0.2, 0) is 14.3 Å². The lowest BCUT2D eigenvalue weighted by Crippen LogP contribution is -2.38. The number of esters is 1. The summed E-state index contributed by atoms with van der Waals surface area (Å²) in [7, 11) is 0. The fourth-order valence-corrected chi connectivity index (χ4v) is 2.18. The lowest BCUT2D eigenvalue weighted by atomic mass is 9.89. The summed E-state index contributed by atoms with van der Waals surface area (Å²) in [5.41, 5.74) is -0.872. The van der Waals surface area contributed by atoms with E-state index < -0.39 is 11.0 Å². The van der Waals surface area contributed by atoms with Crippen molar-refractivity contribution in [2.75, 3.05) is 13.1 Å². The molecule has 0 aromatic heterocycles. The molecule has 1 saturated heterocycles. The van der Waals surface area contributed by atoms with Gasteiger partial charge in [0, 0.05) is 26.4 Å². The molecule has 4 nitrogen and oxygen atoms in total. The summed E-state index contributed by atoms with van der Waals surface area (Å²) in [5.74, 6) is -0.0294. The number of nitrogens with zero attached hydrogens (tertiary/aromatic N) is 1. The molecule has 0 aromatic carbocycles. The Balaban J connectivity index is 2.67. The molecule has 0 saturated carbocycles. The van der Waals surface area contributed by atoms with E-state index in [0.717, 1.165) is 32.2 Å². The monoisotopic (exact) mass is 269 g/mol. The van der Waals surface area contributed by atoms with Gasteiger partial charge in [0.2, 0.25) is 5.91 Å². The van der Waals surface area contributed by atoms with Gasteiger partial charge in [-0.25, -0.2) is 0 Å². The van der Waals surface area contributed by atoms with Crippen LogP contribution in [0.2, 0.25) is 0 Å². The molecule has 0 aromatic rings. The highest BCUT2D eigenvalue weighted by atomic mass is 16.6. The van der Waals surface area contributed by atoms with Gasteiger partial charge in [0.05, 0.1) is 5.41 Å². The molecule has 1 rings (SSSR count). The topological polar surface area (TPSA) is 46.6 Å². The fraction of sp³-hybridized carbons (Fsp3) is 0.867. The number of hydrogen-bond acceptors (Lipinski definition) is 3. The first-order valence-corrected chi connectivity index (χ1v) is 7.19. The molecule has 0 bridgehead atoms. The van der Waals surface area contributed by atoms with Crippen molar-refractivity contribution in [1.82, 2.24) is 4.90 Å². The minimum Gasteiger partial charge on any atom is -0.459 e. The van der Waals surface area contributed by atoms with Crippen molar-refractivity contribution in [1.29, 1.82) is 0 Å². The van der Waals surface area contributed by atoms with Gasteiger partial charge in [0.15, 0.2) is 0 Å². The molecule has 4 heteroatoms. The van der Waals surface area contributed by atoms with Gasteiger partial charge in [-0.15, -0.1) is 0 Å². The van der Waals surface area contributed by atoms with E-state index in [0.29, 0.717) is 6.54 Å². The zero-order chi connectivity index (χ0) is 14.7. The van der Waals surface area contributed by atoms with Crippen molar-refractivity contribution >= 4 is 11.9 Å². The maximum Gasteiger partial charge on any atom is 0.312 e. The minimum absolute atomic E-state index is 0.101. The number of rotatable bonds is 3. The molecule has 0 aliphatic carbocycles. The van der Waals surface area contributed by atoms with Crippen LogP contribution in [0.1, 0.15) is 60.3 Å². The fourth-order valence-electron chi connectivity index (χ4n) is 2.18. The van der Waals surface area contributed by atoms with Crippen LogP contribution in [0.4, 0.5) is 0 Å². The summed E-state index contributed by atoms with van der Waals surface area (Å²) in [5, 5.41) is 0. The third kappa shape index (κ3) is 4.22. The van der Waals surface area contributed by atoms with Gasteiger partial charge in [-0.1, -0.05) is 6.92 Å². The average Bonchev–Trinajstić information content (AvgIpc) is 2.51. The first-order chi connectivity index (χ1) is 8.70. The van der Waals surface area contributed by atoms with Crippen LogP contribution in [0.5, 0.6) is 0 Å². The Hall–Kier alpha value is -1.06. The molecule has 1 aliphatic rings. The second kappa shape index (κ2) is 5.93. The highest BCUT2D eigenvalue weighted by Gasteiger charge is 2.36. The number of likely N-dealkylation sites (tertiary alicyclic amines) is 1. The number of hydrogen-bond donors (Lipinski definition) is 0. The van der Waals surface area contributed by atoms with Gasteiger partial charge in [-0.2, -0.15) is 0 Å². The average molecular weight is 269 g/mol. The molecule has 1 atom stereocenters. The smallest absolute Gasteiger partial charge is 0.312 e. The lowest BCUT2D eigenvalue weighted by Gasteiger charge is -2.32. The Kier molecular flexibility index (Phi) is 4.99. The third-order valence-electron chi connectivity index (χ3n) is 4.27. The molecule has 1 amide bonds. The van der Waals surface area contributed by atoms with E-state index in [1.807, 2.05) is 32.6 Å². The first kappa shape index (κ1) is 16.0. The molecule has 0 N–H and O–H groups in total. The van der Waals surface area contributed by atoms with Crippen LogP contribution in [0, 0.1) is 5.41 Å². The van der Waals surface area contributed by atoms with Crippen LogP contribution in [-0.4, -0.2) is 35.5 Å². The molecule has 1 heterocycles. The van der Waals surface area contributed by atoms with Crippen LogP contribution < -0.4 is 0 Å². The molecular formula is C15H27NO3. The standard InChI is InChI=1S/C15H27NO3/c1-6-14(3,4)13(18)19-15(5)8-7-10-16(11-9-15)12(2)17/h6-11H2,1-5H3. The largest absolute Gasteiger partial charge is 0.459 e. The van der Waals surface area contributed by atoms with Crippen molar-refractivity contribution in [3.63, 3.8) is 0 Å². The number of amides is 1. The van der Waals surface area contributed by atoms with E-state index in [-0.39, 0.29) is 11.9 Å². The van der Waals surface area contributed by atoms with Crippen LogP contribution in [0.15, 0.2) is 0 Å².